The van der Waals surface area contributed by atoms with Gasteiger partial charge in [-0.3, -0.25) is 4.68 Å². The second kappa shape index (κ2) is 4.77. The highest BCUT2D eigenvalue weighted by Crippen LogP contribution is 2.18. The Morgan fingerprint density at radius 1 is 1.53 bits per heavy atom. The van der Waals surface area contributed by atoms with Crippen molar-refractivity contribution in [3.05, 3.63) is 18.0 Å². The average Bonchev–Trinajstić information content (AvgIpc) is 2.63. The minimum atomic E-state index is -0.174. The van der Waals surface area contributed by atoms with E-state index >= 15 is 0 Å². The van der Waals surface area contributed by atoms with Gasteiger partial charge < -0.3 is 10.4 Å². The van der Waals surface area contributed by atoms with Crippen LogP contribution >= 0.6 is 0 Å². The van der Waals surface area contributed by atoms with E-state index in [9.17, 15) is 5.11 Å². The summed E-state index contributed by atoms with van der Waals surface area (Å²) in [5.74, 6) is 0. The van der Waals surface area contributed by atoms with Gasteiger partial charge >= 0.3 is 0 Å². The third-order valence-electron chi connectivity index (χ3n) is 3.20. The Bertz CT molecular complexity index is 311. The summed E-state index contributed by atoms with van der Waals surface area (Å²) in [4.78, 5) is 0. The average molecular weight is 209 g/mol. The summed E-state index contributed by atoms with van der Waals surface area (Å²) in [6.45, 7) is 0.790. The maximum Gasteiger partial charge on any atom is 0.0693 e. The summed E-state index contributed by atoms with van der Waals surface area (Å²) in [7, 11) is 1.94. The molecule has 0 aliphatic heterocycles. The van der Waals surface area contributed by atoms with Gasteiger partial charge in [0.05, 0.1) is 11.8 Å². The fourth-order valence-corrected chi connectivity index (χ4v) is 2.16. The molecule has 1 aromatic heterocycles. The lowest BCUT2D eigenvalue weighted by molar-refractivity contribution is 0.0899. The van der Waals surface area contributed by atoms with Crippen LogP contribution in [0.1, 0.15) is 31.4 Å². The molecule has 2 N–H and O–H groups in total. The predicted molar refractivity (Wildman–Crippen MR) is 58.3 cm³/mol. The Morgan fingerprint density at radius 3 is 3.00 bits per heavy atom. The first kappa shape index (κ1) is 10.6. The number of aliphatic hydroxyl groups is 1. The maximum atomic E-state index is 9.78. The lowest BCUT2D eigenvalue weighted by atomic mass is 9.92. The molecular weight excluding hydrogens is 190 g/mol. The number of rotatable bonds is 3. The van der Waals surface area contributed by atoms with Gasteiger partial charge in [0.1, 0.15) is 0 Å². The minimum Gasteiger partial charge on any atom is -0.392 e. The molecule has 1 aromatic rings. The van der Waals surface area contributed by atoms with Crippen LogP contribution < -0.4 is 5.32 Å². The molecule has 0 saturated heterocycles. The highest BCUT2D eigenvalue weighted by atomic mass is 16.3. The van der Waals surface area contributed by atoms with Crippen LogP contribution in [0.25, 0.3) is 0 Å². The fourth-order valence-electron chi connectivity index (χ4n) is 2.16. The number of hydrogen-bond donors (Lipinski definition) is 2. The number of aliphatic hydroxyl groups excluding tert-OH is 1. The van der Waals surface area contributed by atoms with E-state index in [1.54, 1.807) is 6.20 Å². The van der Waals surface area contributed by atoms with Crippen molar-refractivity contribution in [3.8, 4) is 0 Å². The van der Waals surface area contributed by atoms with Crippen molar-refractivity contribution in [3.63, 3.8) is 0 Å². The molecule has 1 heterocycles. The van der Waals surface area contributed by atoms with E-state index in [1.165, 1.54) is 6.42 Å². The molecule has 15 heavy (non-hydrogen) atoms. The zero-order chi connectivity index (χ0) is 10.7. The molecule has 1 aliphatic carbocycles. The smallest absolute Gasteiger partial charge is 0.0693 e. The van der Waals surface area contributed by atoms with E-state index < -0.39 is 0 Å². The second-order valence-electron chi connectivity index (χ2n) is 4.29. The standard InChI is InChI=1S/C11H19N3O/c1-14-9(6-7-13-14)8-12-10-4-2-3-5-11(10)15/h6-7,10-12,15H,2-5,8H2,1H3/t10-,11-/m0/s1. The van der Waals surface area contributed by atoms with Crippen LogP contribution in [0.5, 0.6) is 0 Å². The molecule has 0 bridgehead atoms. The molecule has 0 aromatic carbocycles. The number of aryl methyl sites for hydroxylation is 1. The summed E-state index contributed by atoms with van der Waals surface area (Å²) in [6, 6.07) is 2.26. The first-order valence-electron chi connectivity index (χ1n) is 5.65. The van der Waals surface area contributed by atoms with Crippen molar-refractivity contribution in [1.82, 2.24) is 15.1 Å². The number of nitrogens with zero attached hydrogens (tertiary/aromatic N) is 2. The van der Waals surface area contributed by atoms with Crippen LogP contribution in [0, 0.1) is 0 Å². The van der Waals surface area contributed by atoms with E-state index in [0.717, 1.165) is 31.5 Å². The highest BCUT2D eigenvalue weighted by molar-refractivity contribution is 5.00. The Morgan fingerprint density at radius 2 is 2.33 bits per heavy atom. The number of hydrogen-bond acceptors (Lipinski definition) is 3. The van der Waals surface area contributed by atoms with Crippen molar-refractivity contribution in [2.45, 2.75) is 44.4 Å². The number of aromatic nitrogens is 2. The maximum absolute atomic E-state index is 9.78. The molecule has 0 unspecified atom stereocenters. The Labute approximate surface area is 90.3 Å². The summed E-state index contributed by atoms with van der Waals surface area (Å²) in [6.07, 6.45) is 6.02. The van der Waals surface area contributed by atoms with Crippen LogP contribution in [0.4, 0.5) is 0 Å². The molecule has 0 amide bonds. The van der Waals surface area contributed by atoms with Gasteiger partial charge in [-0.25, -0.2) is 0 Å². The Balaban J connectivity index is 1.84. The van der Waals surface area contributed by atoms with E-state index in [0.29, 0.717) is 0 Å². The topological polar surface area (TPSA) is 50.1 Å². The lowest BCUT2D eigenvalue weighted by Gasteiger charge is -2.28. The largest absolute Gasteiger partial charge is 0.392 e. The first-order valence-corrected chi connectivity index (χ1v) is 5.65. The van der Waals surface area contributed by atoms with Gasteiger partial charge in [-0.05, 0) is 18.9 Å². The summed E-state index contributed by atoms with van der Waals surface area (Å²) in [5, 5.41) is 17.3. The molecule has 4 heteroatoms. The SMILES string of the molecule is Cn1nccc1CN[C@H]1CCCC[C@@H]1O. The van der Waals surface area contributed by atoms with E-state index in [-0.39, 0.29) is 12.1 Å². The monoisotopic (exact) mass is 209 g/mol. The molecule has 1 aliphatic rings. The third kappa shape index (κ3) is 2.58. The summed E-state index contributed by atoms with van der Waals surface area (Å²) >= 11 is 0. The highest BCUT2D eigenvalue weighted by Gasteiger charge is 2.22. The van der Waals surface area contributed by atoms with Crippen molar-refractivity contribution in [1.29, 1.82) is 0 Å². The van der Waals surface area contributed by atoms with Crippen LogP contribution in [-0.4, -0.2) is 27.0 Å². The van der Waals surface area contributed by atoms with Gasteiger partial charge in [-0.2, -0.15) is 5.10 Å². The Hall–Kier alpha value is -0.870. The van der Waals surface area contributed by atoms with Crippen molar-refractivity contribution in [2.75, 3.05) is 0 Å². The fraction of sp³-hybridized carbons (Fsp3) is 0.727. The Kier molecular flexibility index (Phi) is 3.38. The van der Waals surface area contributed by atoms with Gasteiger partial charge in [0.2, 0.25) is 0 Å². The predicted octanol–water partition coefficient (Wildman–Crippen LogP) is 0.813. The van der Waals surface area contributed by atoms with Crippen LogP contribution in [0.15, 0.2) is 12.3 Å². The molecular formula is C11H19N3O. The molecule has 0 radical (unpaired) electrons. The molecule has 0 spiro atoms. The van der Waals surface area contributed by atoms with Crippen LogP contribution in [-0.2, 0) is 13.6 Å². The van der Waals surface area contributed by atoms with Gasteiger partial charge in [-0.1, -0.05) is 12.8 Å². The molecule has 2 atom stereocenters. The van der Waals surface area contributed by atoms with Gasteiger partial charge in [-0.15, -0.1) is 0 Å². The zero-order valence-electron chi connectivity index (χ0n) is 9.19. The molecule has 2 rings (SSSR count). The quantitative estimate of drug-likeness (QED) is 0.774. The van der Waals surface area contributed by atoms with E-state index in [4.69, 9.17) is 0 Å². The zero-order valence-corrected chi connectivity index (χ0v) is 9.19. The summed E-state index contributed by atoms with van der Waals surface area (Å²) in [5.41, 5.74) is 1.16. The molecule has 1 saturated carbocycles. The van der Waals surface area contributed by atoms with Crippen LogP contribution in [0.2, 0.25) is 0 Å². The summed E-state index contributed by atoms with van der Waals surface area (Å²) < 4.78 is 1.86. The second-order valence-corrected chi connectivity index (χ2v) is 4.29. The van der Waals surface area contributed by atoms with Crippen molar-refractivity contribution in [2.24, 2.45) is 7.05 Å². The van der Waals surface area contributed by atoms with Crippen LogP contribution in [0.3, 0.4) is 0 Å². The van der Waals surface area contributed by atoms with Gasteiger partial charge in [0.25, 0.3) is 0 Å². The third-order valence-corrected chi connectivity index (χ3v) is 3.20. The first-order chi connectivity index (χ1) is 7.27. The molecule has 4 nitrogen and oxygen atoms in total. The van der Waals surface area contributed by atoms with Gasteiger partial charge in [0.15, 0.2) is 0 Å². The van der Waals surface area contributed by atoms with E-state index in [2.05, 4.69) is 10.4 Å². The van der Waals surface area contributed by atoms with Crippen molar-refractivity contribution < 1.29 is 5.11 Å². The minimum absolute atomic E-state index is 0.174. The van der Waals surface area contributed by atoms with Crippen molar-refractivity contribution >= 4 is 0 Å². The number of nitrogens with one attached hydrogen (secondary N) is 1. The van der Waals surface area contributed by atoms with E-state index in [1.807, 2.05) is 17.8 Å². The lowest BCUT2D eigenvalue weighted by Crippen LogP contribution is -2.41. The van der Waals surface area contributed by atoms with Gasteiger partial charge in [0, 0.05) is 25.8 Å². The normalized spacial score (nSPS) is 26.8. The molecule has 1 fully saturated rings. The molecule has 84 valence electrons.